The molecule has 0 aromatic heterocycles. The van der Waals surface area contributed by atoms with Gasteiger partial charge in [0.2, 0.25) is 0 Å². The van der Waals surface area contributed by atoms with Crippen LogP contribution in [-0.4, -0.2) is 17.5 Å². The molecule has 0 saturated heterocycles. The minimum Gasteiger partial charge on any atom is -0.308 e. The Morgan fingerprint density at radius 3 is 2.29 bits per heavy atom. The number of nitrogens with zero attached hydrogens (tertiary/aromatic N) is 2. The number of non-ortho nitro benzene ring substituents is 1. The molecule has 2 rings (SSSR count). The van der Waals surface area contributed by atoms with Gasteiger partial charge in [-0.1, -0.05) is 18.2 Å². The van der Waals surface area contributed by atoms with Crippen molar-refractivity contribution < 1.29 is 9.72 Å². The molecule has 0 spiro atoms. The van der Waals surface area contributed by atoms with Crippen molar-refractivity contribution in [2.24, 2.45) is 0 Å². The summed E-state index contributed by atoms with van der Waals surface area (Å²) < 4.78 is 0. The van der Waals surface area contributed by atoms with Crippen LogP contribution in [0.5, 0.6) is 0 Å². The largest absolute Gasteiger partial charge is 0.326 e. The van der Waals surface area contributed by atoms with Crippen LogP contribution in [0.3, 0.4) is 0 Å². The number of nitro benzene ring substituents is 1. The Hall–Kier alpha value is -2.89. The van der Waals surface area contributed by atoms with Gasteiger partial charge in [-0.25, -0.2) is 4.79 Å². The van der Waals surface area contributed by atoms with E-state index < -0.39 is 4.92 Å². The van der Waals surface area contributed by atoms with Crippen molar-refractivity contribution in [3.8, 4) is 0 Å². The van der Waals surface area contributed by atoms with E-state index in [-0.39, 0.29) is 11.7 Å². The molecule has 0 unspecified atom stereocenters. The molecule has 0 aliphatic heterocycles. The Labute approximate surface area is 122 Å². The molecule has 2 amide bonds. The zero-order valence-corrected chi connectivity index (χ0v) is 11.5. The number of hydrogen-bond donors (Lipinski definition) is 1. The molecule has 21 heavy (non-hydrogen) atoms. The van der Waals surface area contributed by atoms with Crippen LogP contribution in [0.4, 0.5) is 21.9 Å². The Morgan fingerprint density at radius 2 is 1.76 bits per heavy atom. The summed E-state index contributed by atoms with van der Waals surface area (Å²) in [5.41, 5.74) is 1.29. The van der Waals surface area contributed by atoms with Gasteiger partial charge >= 0.3 is 6.03 Å². The lowest BCUT2D eigenvalue weighted by molar-refractivity contribution is -0.384. The summed E-state index contributed by atoms with van der Waals surface area (Å²) in [4.78, 5) is 23.9. The first-order valence-corrected chi connectivity index (χ1v) is 6.50. The van der Waals surface area contributed by atoms with Crippen LogP contribution in [0.1, 0.15) is 6.92 Å². The second-order valence-corrected chi connectivity index (χ2v) is 4.31. The van der Waals surface area contributed by atoms with Crippen LogP contribution in [0, 0.1) is 10.1 Å². The molecule has 0 radical (unpaired) electrons. The van der Waals surface area contributed by atoms with Gasteiger partial charge in [0.25, 0.3) is 5.69 Å². The quantitative estimate of drug-likeness (QED) is 0.688. The van der Waals surface area contributed by atoms with E-state index >= 15 is 0 Å². The number of amides is 2. The van der Waals surface area contributed by atoms with Crippen LogP contribution in [0.15, 0.2) is 54.6 Å². The minimum atomic E-state index is -0.478. The van der Waals surface area contributed by atoms with Crippen molar-refractivity contribution in [3.05, 3.63) is 64.7 Å². The summed E-state index contributed by atoms with van der Waals surface area (Å²) in [6.07, 6.45) is 0. The average molecular weight is 285 g/mol. The third-order valence-electron chi connectivity index (χ3n) is 2.96. The van der Waals surface area contributed by atoms with E-state index in [0.717, 1.165) is 5.69 Å². The fourth-order valence-electron chi connectivity index (χ4n) is 1.91. The molecule has 0 aliphatic carbocycles. The molecule has 1 N–H and O–H groups in total. The van der Waals surface area contributed by atoms with Crippen molar-refractivity contribution in [1.29, 1.82) is 0 Å². The SMILES string of the molecule is CCN(C(=O)Nc1ccc([N+](=O)[O-])cc1)c1ccccc1. The molecule has 0 atom stereocenters. The van der Waals surface area contributed by atoms with E-state index in [1.807, 2.05) is 37.3 Å². The number of para-hydroxylation sites is 1. The van der Waals surface area contributed by atoms with Gasteiger partial charge in [-0.3, -0.25) is 15.0 Å². The second kappa shape index (κ2) is 6.51. The summed E-state index contributed by atoms with van der Waals surface area (Å²) in [6.45, 7) is 2.39. The molecule has 2 aromatic carbocycles. The molecule has 0 bridgehead atoms. The third kappa shape index (κ3) is 3.56. The second-order valence-electron chi connectivity index (χ2n) is 4.31. The molecule has 0 fully saturated rings. The van der Waals surface area contributed by atoms with E-state index in [1.54, 1.807) is 4.90 Å². The third-order valence-corrected chi connectivity index (χ3v) is 2.96. The number of carbonyl (C=O) groups is 1. The van der Waals surface area contributed by atoms with Crippen LogP contribution in [-0.2, 0) is 0 Å². The van der Waals surface area contributed by atoms with Gasteiger partial charge in [-0.05, 0) is 31.2 Å². The van der Waals surface area contributed by atoms with Crippen molar-refractivity contribution in [1.82, 2.24) is 0 Å². The first-order valence-electron chi connectivity index (χ1n) is 6.50. The zero-order valence-electron chi connectivity index (χ0n) is 11.5. The molecule has 0 aliphatic rings. The van der Waals surface area contributed by atoms with Gasteiger partial charge in [-0.2, -0.15) is 0 Å². The molecular formula is C15H15N3O3. The van der Waals surface area contributed by atoms with E-state index in [2.05, 4.69) is 5.32 Å². The summed E-state index contributed by atoms with van der Waals surface area (Å²) in [6, 6.07) is 14.7. The number of anilines is 2. The molecule has 0 heterocycles. The lowest BCUT2D eigenvalue weighted by Crippen LogP contribution is -2.34. The van der Waals surface area contributed by atoms with Crippen LogP contribution >= 0.6 is 0 Å². The number of nitrogens with one attached hydrogen (secondary N) is 1. The highest BCUT2D eigenvalue weighted by molar-refractivity contribution is 6.01. The van der Waals surface area contributed by atoms with Crippen molar-refractivity contribution >= 4 is 23.1 Å². The number of nitro groups is 1. The number of rotatable bonds is 4. The Morgan fingerprint density at radius 1 is 1.14 bits per heavy atom. The fourth-order valence-corrected chi connectivity index (χ4v) is 1.91. The summed E-state index contributed by atoms with van der Waals surface area (Å²) in [7, 11) is 0. The highest BCUT2D eigenvalue weighted by Crippen LogP contribution is 2.18. The smallest absolute Gasteiger partial charge is 0.308 e. The van der Waals surface area contributed by atoms with E-state index in [1.165, 1.54) is 24.3 Å². The van der Waals surface area contributed by atoms with Gasteiger partial charge in [0.15, 0.2) is 0 Å². The molecule has 6 nitrogen and oxygen atoms in total. The van der Waals surface area contributed by atoms with Crippen LogP contribution < -0.4 is 10.2 Å². The lowest BCUT2D eigenvalue weighted by atomic mass is 10.3. The Kier molecular flexibility index (Phi) is 4.50. The first kappa shape index (κ1) is 14.5. The topological polar surface area (TPSA) is 75.5 Å². The first-order chi connectivity index (χ1) is 10.1. The summed E-state index contributed by atoms with van der Waals surface area (Å²) >= 11 is 0. The van der Waals surface area contributed by atoms with E-state index in [4.69, 9.17) is 0 Å². The number of hydrogen-bond acceptors (Lipinski definition) is 3. The fraction of sp³-hybridized carbons (Fsp3) is 0.133. The van der Waals surface area contributed by atoms with Gasteiger partial charge < -0.3 is 5.32 Å². The van der Waals surface area contributed by atoms with E-state index in [9.17, 15) is 14.9 Å². The minimum absolute atomic E-state index is 0.0107. The van der Waals surface area contributed by atoms with Crippen LogP contribution in [0.25, 0.3) is 0 Å². The molecule has 2 aromatic rings. The van der Waals surface area contributed by atoms with Crippen molar-refractivity contribution in [2.75, 3.05) is 16.8 Å². The number of carbonyl (C=O) groups excluding carboxylic acids is 1. The molecule has 6 heteroatoms. The predicted octanol–water partition coefficient (Wildman–Crippen LogP) is 3.65. The monoisotopic (exact) mass is 285 g/mol. The highest BCUT2D eigenvalue weighted by atomic mass is 16.6. The highest BCUT2D eigenvalue weighted by Gasteiger charge is 2.14. The average Bonchev–Trinajstić information content (AvgIpc) is 2.49. The van der Waals surface area contributed by atoms with Crippen LogP contribution in [0.2, 0.25) is 0 Å². The molecular weight excluding hydrogens is 270 g/mol. The lowest BCUT2D eigenvalue weighted by Gasteiger charge is -2.21. The zero-order chi connectivity index (χ0) is 15.2. The maximum atomic E-state index is 12.2. The summed E-state index contributed by atoms with van der Waals surface area (Å²) in [5.74, 6) is 0. The van der Waals surface area contributed by atoms with Gasteiger partial charge in [0.05, 0.1) is 4.92 Å². The Balaban J connectivity index is 2.11. The van der Waals surface area contributed by atoms with Crippen molar-refractivity contribution in [3.63, 3.8) is 0 Å². The Bertz CT molecular complexity index is 626. The van der Waals surface area contributed by atoms with Gasteiger partial charge in [0.1, 0.15) is 0 Å². The molecule has 108 valence electrons. The standard InChI is InChI=1S/C15H15N3O3/c1-2-17(13-6-4-3-5-7-13)15(19)16-12-8-10-14(11-9-12)18(20)21/h3-11H,2H2,1H3,(H,16,19). The summed E-state index contributed by atoms with van der Waals surface area (Å²) in [5, 5.41) is 13.3. The maximum Gasteiger partial charge on any atom is 0.326 e. The molecule has 0 saturated carbocycles. The number of urea groups is 1. The van der Waals surface area contributed by atoms with E-state index in [0.29, 0.717) is 12.2 Å². The number of benzene rings is 2. The normalized spacial score (nSPS) is 9.95. The van der Waals surface area contributed by atoms with Gasteiger partial charge in [-0.15, -0.1) is 0 Å². The van der Waals surface area contributed by atoms with Crippen molar-refractivity contribution in [2.45, 2.75) is 6.92 Å². The predicted molar refractivity (Wildman–Crippen MR) is 81.6 cm³/mol. The maximum absolute atomic E-state index is 12.2. The van der Waals surface area contributed by atoms with Gasteiger partial charge in [0, 0.05) is 30.1 Å².